The Labute approximate surface area is 168 Å². The molecule has 0 saturated carbocycles. The molecule has 1 aliphatic heterocycles. The SMILES string of the molecule is O=C(c1cncc(Nc2ccccc2Cl)c1)N1CCN(c2ncccn2)CC1. The molecule has 1 saturated heterocycles. The highest BCUT2D eigenvalue weighted by Crippen LogP contribution is 2.25. The lowest BCUT2D eigenvalue weighted by Gasteiger charge is -2.34. The summed E-state index contributed by atoms with van der Waals surface area (Å²) in [4.78, 5) is 29.6. The number of amides is 1. The molecule has 1 aromatic carbocycles. The predicted octanol–water partition coefficient (Wildman–Crippen LogP) is 3.23. The summed E-state index contributed by atoms with van der Waals surface area (Å²) in [5.74, 6) is 0.658. The molecule has 0 aliphatic carbocycles. The van der Waals surface area contributed by atoms with Crippen molar-refractivity contribution in [1.29, 1.82) is 0 Å². The van der Waals surface area contributed by atoms with Gasteiger partial charge in [-0.15, -0.1) is 0 Å². The molecule has 1 N–H and O–H groups in total. The highest BCUT2D eigenvalue weighted by molar-refractivity contribution is 6.33. The van der Waals surface area contributed by atoms with Crippen LogP contribution in [-0.2, 0) is 0 Å². The van der Waals surface area contributed by atoms with Gasteiger partial charge in [0.25, 0.3) is 5.91 Å². The van der Waals surface area contributed by atoms with Crippen LogP contribution < -0.4 is 10.2 Å². The van der Waals surface area contributed by atoms with Gasteiger partial charge in [-0.25, -0.2) is 9.97 Å². The van der Waals surface area contributed by atoms with Gasteiger partial charge in [0.15, 0.2) is 0 Å². The zero-order valence-corrected chi connectivity index (χ0v) is 15.9. The van der Waals surface area contributed by atoms with E-state index in [4.69, 9.17) is 11.6 Å². The van der Waals surface area contributed by atoms with E-state index in [0.29, 0.717) is 42.7 Å². The van der Waals surface area contributed by atoms with Gasteiger partial charge in [-0.3, -0.25) is 9.78 Å². The van der Waals surface area contributed by atoms with Crippen molar-refractivity contribution in [1.82, 2.24) is 19.9 Å². The molecule has 0 unspecified atom stereocenters. The van der Waals surface area contributed by atoms with Crippen molar-refractivity contribution in [3.63, 3.8) is 0 Å². The van der Waals surface area contributed by atoms with E-state index < -0.39 is 0 Å². The number of pyridine rings is 1. The summed E-state index contributed by atoms with van der Waals surface area (Å²) in [7, 11) is 0. The molecule has 28 heavy (non-hydrogen) atoms. The van der Waals surface area contributed by atoms with Crippen molar-refractivity contribution < 1.29 is 4.79 Å². The van der Waals surface area contributed by atoms with Crippen LogP contribution in [0.2, 0.25) is 5.02 Å². The minimum Gasteiger partial charge on any atom is -0.353 e. The molecule has 2 aromatic heterocycles. The zero-order valence-electron chi connectivity index (χ0n) is 15.1. The normalized spacial score (nSPS) is 14.0. The third-order valence-electron chi connectivity index (χ3n) is 4.54. The number of nitrogens with zero attached hydrogens (tertiary/aromatic N) is 5. The average molecular weight is 395 g/mol. The molecule has 0 radical (unpaired) electrons. The van der Waals surface area contributed by atoms with Gasteiger partial charge >= 0.3 is 0 Å². The second-order valence-corrected chi connectivity index (χ2v) is 6.80. The molecule has 1 fully saturated rings. The molecule has 0 atom stereocenters. The average Bonchev–Trinajstić information content (AvgIpc) is 2.76. The zero-order chi connectivity index (χ0) is 19.3. The van der Waals surface area contributed by atoms with Gasteiger partial charge < -0.3 is 15.1 Å². The molecular formula is C20H19ClN6O. The highest BCUT2D eigenvalue weighted by atomic mass is 35.5. The molecule has 1 aliphatic rings. The van der Waals surface area contributed by atoms with Gasteiger partial charge in [-0.2, -0.15) is 0 Å². The maximum absolute atomic E-state index is 12.9. The Morgan fingerprint density at radius 3 is 2.50 bits per heavy atom. The standard InChI is InChI=1S/C20H19ClN6O/c21-17-4-1-2-5-18(17)25-16-12-15(13-22-14-16)19(28)26-8-10-27(11-9-26)20-23-6-3-7-24-20/h1-7,12-14,25H,8-11H2. The second kappa shape index (κ2) is 8.22. The number of nitrogens with one attached hydrogen (secondary N) is 1. The Morgan fingerprint density at radius 2 is 1.75 bits per heavy atom. The van der Waals surface area contributed by atoms with Crippen LogP contribution in [0.5, 0.6) is 0 Å². The first-order valence-electron chi connectivity index (χ1n) is 8.98. The highest BCUT2D eigenvalue weighted by Gasteiger charge is 2.23. The molecule has 0 bridgehead atoms. The summed E-state index contributed by atoms with van der Waals surface area (Å²) in [5.41, 5.74) is 2.03. The lowest BCUT2D eigenvalue weighted by atomic mass is 10.2. The van der Waals surface area contributed by atoms with Crippen molar-refractivity contribution in [3.8, 4) is 0 Å². The lowest BCUT2D eigenvalue weighted by Crippen LogP contribution is -2.49. The molecule has 3 aromatic rings. The van der Waals surface area contributed by atoms with Crippen LogP contribution in [-0.4, -0.2) is 51.9 Å². The number of hydrogen-bond acceptors (Lipinski definition) is 6. The summed E-state index contributed by atoms with van der Waals surface area (Å²) in [6.45, 7) is 2.61. The first kappa shape index (κ1) is 18.2. The molecule has 8 heteroatoms. The summed E-state index contributed by atoms with van der Waals surface area (Å²) in [6, 6.07) is 11.0. The number of anilines is 3. The van der Waals surface area contributed by atoms with Crippen LogP contribution >= 0.6 is 11.6 Å². The fourth-order valence-corrected chi connectivity index (χ4v) is 3.27. The molecule has 4 rings (SSSR count). The third-order valence-corrected chi connectivity index (χ3v) is 4.87. The fourth-order valence-electron chi connectivity index (χ4n) is 3.09. The van der Waals surface area contributed by atoms with E-state index in [1.54, 1.807) is 36.9 Å². The van der Waals surface area contributed by atoms with E-state index in [9.17, 15) is 4.79 Å². The maximum Gasteiger partial charge on any atom is 0.255 e. The number of carbonyl (C=O) groups is 1. The number of piperazine rings is 1. The van der Waals surface area contributed by atoms with Crippen LogP contribution in [0.25, 0.3) is 0 Å². The van der Waals surface area contributed by atoms with Crippen molar-refractivity contribution in [2.24, 2.45) is 0 Å². The number of halogens is 1. The first-order valence-corrected chi connectivity index (χ1v) is 9.36. The van der Waals surface area contributed by atoms with E-state index in [0.717, 1.165) is 11.4 Å². The van der Waals surface area contributed by atoms with Crippen LogP contribution in [0, 0.1) is 0 Å². The van der Waals surface area contributed by atoms with E-state index >= 15 is 0 Å². The van der Waals surface area contributed by atoms with Gasteiger partial charge in [0, 0.05) is 44.8 Å². The smallest absolute Gasteiger partial charge is 0.255 e. The predicted molar refractivity (Wildman–Crippen MR) is 109 cm³/mol. The Bertz CT molecular complexity index is 960. The van der Waals surface area contributed by atoms with Gasteiger partial charge in [0.2, 0.25) is 5.95 Å². The monoisotopic (exact) mass is 394 g/mol. The van der Waals surface area contributed by atoms with Crippen LogP contribution in [0.15, 0.2) is 61.2 Å². The van der Waals surface area contributed by atoms with Gasteiger partial charge in [-0.1, -0.05) is 23.7 Å². The Kier molecular flexibility index (Phi) is 5.34. The second-order valence-electron chi connectivity index (χ2n) is 6.40. The van der Waals surface area contributed by atoms with Crippen molar-refractivity contribution in [3.05, 3.63) is 71.8 Å². The molecule has 7 nitrogen and oxygen atoms in total. The van der Waals surface area contributed by atoms with Crippen molar-refractivity contribution in [2.75, 3.05) is 36.4 Å². The number of rotatable bonds is 4. The van der Waals surface area contributed by atoms with Crippen molar-refractivity contribution >= 4 is 34.8 Å². The van der Waals surface area contributed by atoms with Gasteiger partial charge in [0.1, 0.15) is 0 Å². The van der Waals surface area contributed by atoms with E-state index in [1.165, 1.54) is 0 Å². The maximum atomic E-state index is 12.9. The van der Waals surface area contributed by atoms with Crippen molar-refractivity contribution in [2.45, 2.75) is 0 Å². The van der Waals surface area contributed by atoms with Crippen LogP contribution in [0.4, 0.5) is 17.3 Å². The largest absolute Gasteiger partial charge is 0.353 e. The number of para-hydroxylation sites is 1. The Morgan fingerprint density at radius 1 is 1.00 bits per heavy atom. The Hall–Kier alpha value is -3.19. The van der Waals surface area contributed by atoms with E-state index in [2.05, 4.69) is 25.2 Å². The minimum absolute atomic E-state index is 0.0380. The summed E-state index contributed by atoms with van der Waals surface area (Å²) in [6.07, 6.45) is 6.71. The summed E-state index contributed by atoms with van der Waals surface area (Å²) in [5, 5.41) is 3.82. The molecular weight excluding hydrogens is 376 g/mol. The Balaban J connectivity index is 1.42. The third kappa shape index (κ3) is 4.04. The van der Waals surface area contributed by atoms with E-state index in [1.807, 2.05) is 29.2 Å². The molecule has 1 amide bonds. The summed E-state index contributed by atoms with van der Waals surface area (Å²) >= 11 is 6.19. The minimum atomic E-state index is -0.0380. The number of benzene rings is 1. The van der Waals surface area contributed by atoms with Crippen LogP contribution in [0.3, 0.4) is 0 Å². The molecule has 142 valence electrons. The number of carbonyl (C=O) groups excluding carboxylic acids is 1. The van der Waals surface area contributed by atoms with Gasteiger partial charge in [-0.05, 0) is 24.3 Å². The quantitative estimate of drug-likeness (QED) is 0.732. The molecule has 0 spiro atoms. The topological polar surface area (TPSA) is 74.2 Å². The number of hydrogen-bond donors (Lipinski definition) is 1. The van der Waals surface area contributed by atoms with Crippen LogP contribution in [0.1, 0.15) is 10.4 Å². The lowest BCUT2D eigenvalue weighted by molar-refractivity contribution is 0.0746. The van der Waals surface area contributed by atoms with E-state index in [-0.39, 0.29) is 5.91 Å². The first-order chi connectivity index (χ1) is 13.7. The van der Waals surface area contributed by atoms with Gasteiger partial charge in [0.05, 0.1) is 28.2 Å². The molecule has 3 heterocycles. The summed E-state index contributed by atoms with van der Waals surface area (Å²) < 4.78 is 0. The fraction of sp³-hybridized carbons (Fsp3) is 0.200. The number of aromatic nitrogens is 3.